The third-order valence-corrected chi connectivity index (χ3v) is 5.74. The predicted molar refractivity (Wildman–Crippen MR) is 95.3 cm³/mol. The molecule has 2 heterocycles. The average molecular weight is 323 g/mol. The molecule has 0 aromatic heterocycles. The number of fused-ring (bicyclic) bond motifs is 2. The zero-order valence-corrected chi connectivity index (χ0v) is 14.2. The van der Waals surface area contributed by atoms with E-state index in [9.17, 15) is 5.11 Å². The van der Waals surface area contributed by atoms with Gasteiger partial charge in [-0.3, -0.25) is 0 Å². The molecule has 2 aliphatic heterocycles. The minimum absolute atomic E-state index is 0.503. The second kappa shape index (κ2) is 6.23. The Morgan fingerprint density at radius 2 is 1.50 bits per heavy atom. The summed E-state index contributed by atoms with van der Waals surface area (Å²) >= 11 is 0. The van der Waals surface area contributed by atoms with E-state index in [1.165, 1.54) is 19.3 Å². The van der Waals surface area contributed by atoms with Crippen molar-refractivity contribution in [1.29, 1.82) is 0 Å². The van der Waals surface area contributed by atoms with E-state index in [0.29, 0.717) is 12.1 Å². The summed E-state index contributed by atoms with van der Waals surface area (Å²) in [7, 11) is 2.21. The van der Waals surface area contributed by atoms with Crippen molar-refractivity contribution < 1.29 is 9.84 Å². The van der Waals surface area contributed by atoms with Crippen LogP contribution >= 0.6 is 0 Å². The van der Waals surface area contributed by atoms with Gasteiger partial charge in [0.2, 0.25) is 0 Å². The quantitative estimate of drug-likeness (QED) is 0.913. The summed E-state index contributed by atoms with van der Waals surface area (Å²) in [6, 6.07) is 18.8. The molecular weight excluding hydrogens is 298 g/mol. The molecule has 2 aliphatic rings. The molecule has 126 valence electrons. The normalized spacial score (nSPS) is 30.1. The standard InChI is InChI=1S/C21H25NO2/c1-22-17-6-5-7-18(22)15-21(23,14-17)16-10-12-20(13-11-16)24-19-8-3-2-4-9-19/h2-4,8-13,17-18,23H,5-7,14-15H2,1H3. The fourth-order valence-corrected chi connectivity index (χ4v) is 4.34. The molecule has 0 saturated carbocycles. The van der Waals surface area contributed by atoms with Gasteiger partial charge >= 0.3 is 0 Å². The number of ether oxygens (including phenoxy) is 1. The molecule has 3 heteroatoms. The van der Waals surface area contributed by atoms with Gasteiger partial charge in [0.15, 0.2) is 0 Å². The molecule has 2 unspecified atom stereocenters. The highest BCUT2D eigenvalue weighted by atomic mass is 16.5. The first-order valence-corrected chi connectivity index (χ1v) is 8.92. The fraction of sp³-hybridized carbons (Fsp3) is 0.429. The first kappa shape index (κ1) is 15.7. The van der Waals surface area contributed by atoms with Gasteiger partial charge in [-0.1, -0.05) is 36.8 Å². The smallest absolute Gasteiger partial charge is 0.127 e. The van der Waals surface area contributed by atoms with Crippen LogP contribution in [0.15, 0.2) is 54.6 Å². The molecule has 24 heavy (non-hydrogen) atoms. The number of nitrogens with zero attached hydrogens (tertiary/aromatic N) is 1. The van der Waals surface area contributed by atoms with Crippen molar-refractivity contribution in [2.75, 3.05) is 7.05 Å². The van der Waals surface area contributed by atoms with E-state index in [1.54, 1.807) is 0 Å². The highest BCUT2D eigenvalue weighted by Crippen LogP contribution is 2.43. The zero-order valence-electron chi connectivity index (χ0n) is 14.2. The van der Waals surface area contributed by atoms with Crippen molar-refractivity contribution in [3.63, 3.8) is 0 Å². The van der Waals surface area contributed by atoms with Gasteiger partial charge in [0.05, 0.1) is 5.60 Å². The summed E-state index contributed by atoms with van der Waals surface area (Å²) in [6.45, 7) is 0. The van der Waals surface area contributed by atoms with Crippen LogP contribution in [0.2, 0.25) is 0 Å². The van der Waals surface area contributed by atoms with Crippen LogP contribution in [-0.4, -0.2) is 29.1 Å². The Kier molecular flexibility index (Phi) is 4.07. The minimum Gasteiger partial charge on any atom is -0.457 e. The molecule has 2 aromatic carbocycles. The summed E-state index contributed by atoms with van der Waals surface area (Å²) in [5.74, 6) is 1.64. The third kappa shape index (κ3) is 2.94. The number of hydrogen-bond donors (Lipinski definition) is 1. The van der Waals surface area contributed by atoms with E-state index in [1.807, 2.05) is 54.6 Å². The largest absolute Gasteiger partial charge is 0.457 e. The predicted octanol–water partition coefficient (Wildman–Crippen LogP) is 4.31. The Hall–Kier alpha value is -1.84. The number of para-hydroxylation sites is 1. The van der Waals surface area contributed by atoms with Crippen LogP contribution in [0.5, 0.6) is 11.5 Å². The maximum Gasteiger partial charge on any atom is 0.127 e. The van der Waals surface area contributed by atoms with E-state index in [2.05, 4.69) is 11.9 Å². The molecule has 1 N–H and O–H groups in total. The van der Waals surface area contributed by atoms with Gasteiger partial charge < -0.3 is 14.7 Å². The highest BCUT2D eigenvalue weighted by Gasteiger charge is 2.44. The lowest BCUT2D eigenvalue weighted by atomic mass is 9.73. The Morgan fingerprint density at radius 3 is 2.12 bits per heavy atom. The first-order chi connectivity index (χ1) is 11.6. The van der Waals surface area contributed by atoms with Crippen LogP contribution in [0.25, 0.3) is 0 Å². The van der Waals surface area contributed by atoms with E-state index >= 15 is 0 Å². The maximum atomic E-state index is 11.3. The molecule has 0 amide bonds. The monoisotopic (exact) mass is 323 g/mol. The Bertz CT molecular complexity index is 669. The van der Waals surface area contributed by atoms with Crippen LogP contribution in [0, 0.1) is 0 Å². The highest BCUT2D eigenvalue weighted by molar-refractivity contribution is 5.35. The third-order valence-electron chi connectivity index (χ3n) is 5.74. The van der Waals surface area contributed by atoms with Crippen LogP contribution < -0.4 is 4.74 Å². The molecule has 4 rings (SSSR count). The maximum absolute atomic E-state index is 11.3. The van der Waals surface area contributed by atoms with Crippen molar-refractivity contribution in [2.24, 2.45) is 0 Å². The van der Waals surface area contributed by atoms with Gasteiger partial charge in [-0.25, -0.2) is 0 Å². The Morgan fingerprint density at radius 1 is 0.917 bits per heavy atom. The van der Waals surface area contributed by atoms with Crippen molar-refractivity contribution in [2.45, 2.75) is 49.8 Å². The number of piperidine rings is 2. The Labute approximate surface area is 143 Å². The molecular formula is C21H25NO2. The van der Waals surface area contributed by atoms with Gasteiger partial charge in [-0.05, 0) is 62.6 Å². The SMILES string of the molecule is CN1C2CCCC1CC(O)(c1ccc(Oc3ccccc3)cc1)C2. The second-order valence-electron chi connectivity index (χ2n) is 7.28. The van der Waals surface area contributed by atoms with Crippen molar-refractivity contribution in [3.05, 3.63) is 60.2 Å². The number of aliphatic hydroxyl groups is 1. The average Bonchev–Trinajstić information content (AvgIpc) is 2.58. The van der Waals surface area contributed by atoms with Crippen LogP contribution in [0.3, 0.4) is 0 Å². The van der Waals surface area contributed by atoms with Crippen LogP contribution in [-0.2, 0) is 5.60 Å². The second-order valence-corrected chi connectivity index (χ2v) is 7.28. The van der Waals surface area contributed by atoms with E-state index < -0.39 is 5.60 Å². The van der Waals surface area contributed by atoms with Gasteiger partial charge in [0, 0.05) is 12.1 Å². The van der Waals surface area contributed by atoms with Gasteiger partial charge in [0.1, 0.15) is 11.5 Å². The molecule has 0 radical (unpaired) electrons. The molecule has 2 atom stereocenters. The lowest BCUT2D eigenvalue weighted by Gasteiger charge is -2.50. The summed E-state index contributed by atoms with van der Waals surface area (Å²) in [6.07, 6.45) is 5.35. The summed E-state index contributed by atoms with van der Waals surface area (Å²) < 4.78 is 5.86. The fourth-order valence-electron chi connectivity index (χ4n) is 4.34. The number of benzene rings is 2. The van der Waals surface area contributed by atoms with Crippen molar-refractivity contribution >= 4 is 0 Å². The molecule has 2 saturated heterocycles. The molecule has 2 bridgehead atoms. The molecule has 0 aliphatic carbocycles. The lowest BCUT2D eigenvalue weighted by molar-refractivity contribution is -0.0874. The van der Waals surface area contributed by atoms with E-state index in [4.69, 9.17) is 4.74 Å². The van der Waals surface area contributed by atoms with Gasteiger partial charge in [-0.2, -0.15) is 0 Å². The topological polar surface area (TPSA) is 32.7 Å². The van der Waals surface area contributed by atoms with Crippen LogP contribution in [0.1, 0.15) is 37.7 Å². The summed E-state index contributed by atoms with van der Waals surface area (Å²) in [5.41, 5.74) is 0.320. The van der Waals surface area contributed by atoms with E-state index in [-0.39, 0.29) is 0 Å². The molecule has 2 fully saturated rings. The Balaban J connectivity index is 1.52. The minimum atomic E-state index is -0.701. The molecule has 0 spiro atoms. The number of hydrogen-bond acceptors (Lipinski definition) is 3. The van der Waals surface area contributed by atoms with Gasteiger partial charge in [-0.15, -0.1) is 0 Å². The number of rotatable bonds is 3. The molecule has 3 nitrogen and oxygen atoms in total. The van der Waals surface area contributed by atoms with E-state index in [0.717, 1.165) is 29.9 Å². The lowest BCUT2D eigenvalue weighted by Crippen LogP contribution is -2.55. The summed E-state index contributed by atoms with van der Waals surface area (Å²) in [4.78, 5) is 2.48. The zero-order chi connectivity index (χ0) is 16.6. The van der Waals surface area contributed by atoms with Gasteiger partial charge in [0.25, 0.3) is 0 Å². The summed E-state index contributed by atoms with van der Waals surface area (Å²) in [5, 5.41) is 11.3. The van der Waals surface area contributed by atoms with Crippen molar-refractivity contribution in [1.82, 2.24) is 4.90 Å². The van der Waals surface area contributed by atoms with Crippen LogP contribution in [0.4, 0.5) is 0 Å². The first-order valence-electron chi connectivity index (χ1n) is 8.92. The van der Waals surface area contributed by atoms with Crippen molar-refractivity contribution in [3.8, 4) is 11.5 Å². The molecule has 2 aromatic rings.